The molecule has 28 heavy (non-hydrogen) atoms. The second-order valence-corrected chi connectivity index (χ2v) is 6.29. The summed E-state index contributed by atoms with van der Waals surface area (Å²) in [5.74, 6) is 1.95. The number of hydrogen-bond donors (Lipinski definition) is 1. The summed E-state index contributed by atoms with van der Waals surface area (Å²) in [5.41, 5.74) is 2.31. The maximum atomic E-state index is 10.5. The van der Waals surface area contributed by atoms with Crippen LogP contribution in [0.15, 0.2) is 66.7 Å². The number of nitrogens with zero attached hydrogens (tertiary/aromatic N) is 2. The molecule has 0 bridgehead atoms. The molecule has 0 aliphatic carbocycles. The van der Waals surface area contributed by atoms with Crippen molar-refractivity contribution < 1.29 is 14.6 Å². The normalized spacial score (nSPS) is 10.8. The second kappa shape index (κ2) is 7.56. The predicted molar refractivity (Wildman–Crippen MR) is 109 cm³/mol. The summed E-state index contributed by atoms with van der Waals surface area (Å²) in [6, 6.07) is 20.8. The van der Waals surface area contributed by atoms with Gasteiger partial charge in [-0.1, -0.05) is 43.3 Å². The molecule has 5 nitrogen and oxygen atoms in total. The highest BCUT2D eigenvalue weighted by atomic mass is 16.5. The van der Waals surface area contributed by atoms with Crippen molar-refractivity contribution in [2.24, 2.45) is 0 Å². The number of aromatic nitrogens is 2. The Morgan fingerprint density at radius 3 is 2.43 bits per heavy atom. The van der Waals surface area contributed by atoms with E-state index in [0.717, 1.165) is 28.6 Å². The first-order chi connectivity index (χ1) is 13.7. The van der Waals surface area contributed by atoms with E-state index in [4.69, 9.17) is 9.47 Å². The molecule has 0 saturated heterocycles. The predicted octanol–water partition coefficient (Wildman–Crippen LogP) is 5.37. The van der Waals surface area contributed by atoms with Gasteiger partial charge < -0.3 is 14.6 Å². The van der Waals surface area contributed by atoms with Gasteiger partial charge in [0.05, 0.1) is 23.6 Å². The van der Waals surface area contributed by atoms with Gasteiger partial charge in [0, 0.05) is 0 Å². The Morgan fingerprint density at radius 2 is 1.61 bits per heavy atom. The van der Waals surface area contributed by atoms with E-state index in [1.54, 1.807) is 18.2 Å². The molecule has 0 fully saturated rings. The third-order valence-corrected chi connectivity index (χ3v) is 4.59. The van der Waals surface area contributed by atoms with Crippen LogP contribution in [0.3, 0.4) is 0 Å². The minimum Gasteiger partial charge on any atom is -0.504 e. The molecule has 1 heterocycles. The number of rotatable bonds is 5. The van der Waals surface area contributed by atoms with Gasteiger partial charge in [0.25, 0.3) is 0 Å². The van der Waals surface area contributed by atoms with E-state index in [1.807, 2.05) is 48.5 Å². The standard InChI is InChI=1S/C23H20N2O3/c1-3-15-9-4-7-13-19(15)28-23-16-10-5-6-12-18(16)24-22(25-23)17-11-8-14-20(27-2)21(17)26/h4-14,26H,3H2,1-2H3. The Hall–Kier alpha value is -3.60. The average Bonchev–Trinajstić information content (AvgIpc) is 2.74. The summed E-state index contributed by atoms with van der Waals surface area (Å²) in [4.78, 5) is 9.25. The van der Waals surface area contributed by atoms with Gasteiger partial charge in [-0.2, -0.15) is 4.98 Å². The van der Waals surface area contributed by atoms with Gasteiger partial charge in [0.2, 0.25) is 5.88 Å². The number of aryl methyl sites for hydroxylation is 1. The summed E-state index contributed by atoms with van der Waals surface area (Å²) >= 11 is 0. The van der Waals surface area contributed by atoms with E-state index in [1.165, 1.54) is 7.11 Å². The Bertz CT molecular complexity index is 1140. The van der Waals surface area contributed by atoms with Crippen molar-refractivity contribution in [1.29, 1.82) is 0 Å². The van der Waals surface area contributed by atoms with Crippen LogP contribution in [-0.2, 0) is 6.42 Å². The molecule has 0 aliphatic rings. The summed E-state index contributed by atoms with van der Waals surface area (Å²) in [7, 11) is 1.51. The van der Waals surface area contributed by atoms with Crippen LogP contribution in [0.25, 0.3) is 22.3 Å². The number of ether oxygens (including phenoxy) is 2. The van der Waals surface area contributed by atoms with Crippen LogP contribution in [0.1, 0.15) is 12.5 Å². The van der Waals surface area contributed by atoms with Crippen molar-refractivity contribution in [3.8, 4) is 34.5 Å². The summed E-state index contributed by atoms with van der Waals surface area (Å²) in [6.45, 7) is 2.08. The minimum atomic E-state index is 0.000175. The first kappa shape index (κ1) is 17.8. The molecule has 4 rings (SSSR count). The molecule has 0 radical (unpaired) electrons. The Balaban J connectivity index is 1.89. The zero-order valence-corrected chi connectivity index (χ0v) is 15.7. The van der Waals surface area contributed by atoms with E-state index >= 15 is 0 Å². The SMILES string of the molecule is CCc1ccccc1Oc1nc(-c2cccc(OC)c2O)nc2ccccc12. The molecular formula is C23H20N2O3. The van der Waals surface area contributed by atoms with E-state index < -0.39 is 0 Å². The first-order valence-corrected chi connectivity index (χ1v) is 9.10. The fourth-order valence-electron chi connectivity index (χ4n) is 3.11. The lowest BCUT2D eigenvalue weighted by Gasteiger charge is -2.13. The lowest BCUT2D eigenvalue weighted by molar-refractivity contribution is 0.374. The lowest BCUT2D eigenvalue weighted by Crippen LogP contribution is -1.98. The van der Waals surface area contributed by atoms with Gasteiger partial charge in [-0.05, 0) is 42.3 Å². The number of aromatic hydroxyl groups is 1. The van der Waals surface area contributed by atoms with Crippen LogP contribution >= 0.6 is 0 Å². The highest BCUT2D eigenvalue weighted by molar-refractivity contribution is 5.86. The zero-order chi connectivity index (χ0) is 19.5. The van der Waals surface area contributed by atoms with Crippen molar-refractivity contribution in [3.63, 3.8) is 0 Å². The lowest BCUT2D eigenvalue weighted by atomic mass is 10.1. The summed E-state index contributed by atoms with van der Waals surface area (Å²) in [6.07, 6.45) is 0.850. The molecule has 0 unspecified atom stereocenters. The smallest absolute Gasteiger partial charge is 0.230 e. The van der Waals surface area contributed by atoms with Crippen LogP contribution in [0.4, 0.5) is 0 Å². The van der Waals surface area contributed by atoms with Gasteiger partial charge in [-0.3, -0.25) is 0 Å². The fourth-order valence-corrected chi connectivity index (χ4v) is 3.11. The number of para-hydroxylation sites is 3. The van der Waals surface area contributed by atoms with Gasteiger partial charge in [-0.25, -0.2) is 4.98 Å². The molecule has 0 saturated carbocycles. The molecule has 1 aromatic heterocycles. The highest BCUT2D eigenvalue weighted by Gasteiger charge is 2.16. The van der Waals surface area contributed by atoms with Crippen molar-refractivity contribution in [3.05, 3.63) is 72.3 Å². The third kappa shape index (κ3) is 3.22. The van der Waals surface area contributed by atoms with Crippen LogP contribution in [-0.4, -0.2) is 22.2 Å². The van der Waals surface area contributed by atoms with Gasteiger partial charge >= 0.3 is 0 Å². The van der Waals surface area contributed by atoms with Crippen LogP contribution in [0, 0.1) is 0 Å². The fraction of sp³-hybridized carbons (Fsp3) is 0.130. The van der Waals surface area contributed by atoms with Crippen molar-refractivity contribution in [2.75, 3.05) is 7.11 Å². The van der Waals surface area contributed by atoms with E-state index in [0.29, 0.717) is 23.0 Å². The van der Waals surface area contributed by atoms with Gasteiger partial charge in [0.15, 0.2) is 17.3 Å². The molecule has 1 N–H and O–H groups in total. The molecular weight excluding hydrogens is 352 g/mol. The molecule has 0 amide bonds. The molecule has 5 heteroatoms. The van der Waals surface area contributed by atoms with Crippen molar-refractivity contribution in [1.82, 2.24) is 9.97 Å². The topological polar surface area (TPSA) is 64.5 Å². The maximum Gasteiger partial charge on any atom is 0.230 e. The van der Waals surface area contributed by atoms with Crippen LogP contribution in [0.5, 0.6) is 23.1 Å². The van der Waals surface area contributed by atoms with Gasteiger partial charge in [0.1, 0.15) is 5.75 Å². The largest absolute Gasteiger partial charge is 0.504 e. The van der Waals surface area contributed by atoms with E-state index in [9.17, 15) is 5.11 Å². The molecule has 140 valence electrons. The minimum absolute atomic E-state index is 0.000175. The number of phenols is 1. The summed E-state index contributed by atoms with van der Waals surface area (Å²) < 4.78 is 11.4. The van der Waals surface area contributed by atoms with Crippen molar-refractivity contribution in [2.45, 2.75) is 13.3 Å². The number of fused-ring (bicyclic) bond motifs is 1. The zero-order valence-electron chi connectivity index (χ0n) is 15.7. The number of methoxy groups -OCH3 is 1. The van der Waals surface area contributed by atoms with Crippen LogP contribution < -0.4 is 9.47 Å². The Kier molecular flexibility index (Phi) is 4.81. The van der Waals surface area contributed by atoms with Crippen LogP contribution in [0.2, 0.25) is 0 Å². The number of benzene rings is 3. The summed E-state index contributed by atoms with van der Waals surface area (Å²) in [5, 5.41) is 11.3. The van der Waals surface area contributed by atoms with Gasteiger partial charge in [-0.15, -0.1) is 0 Å². The monoisotopic (exact) mass is 372 g/mol. The quantitative estimate of drug-likeness (QED) is 0.510. The number of phenolic OH excluding ortho intramolecular Hbond substituents is 1. The Morgan fingerprint density at radius 1 is 0.857 bits per heavy atom. The highest BCUT2D eigenvalue weighted by Crippen LogP contribution is 2.38. The molecule has 0 atom stereocenters. The molecule has 0 aliphatic heterocycles. The Labute approximate surface area is 163 Å². The molecule has 3 aromatic carbocycles. The second-order valence-electron chi connectivity index (χ2n) is 6.29. The van der Waals surface area contributed by atoms with Crippen molar-refractivity contribution >= 4 is 10.9 Å². The molecule has 0 spiro atoms. The van der Waals surface area contributed by atoms with E-state index in [-0.39, 0.29) is 5.75 Å². The third-order valence-electron chi connectivity index (χ3n) is 4.59. The number of hydrogen-bond acceptors (Lipinski definition) is 5. The first-order valence-electron chi connectivity index (χ1n) is 9.10. The molecule has 4 aromatic rings. The van der Waals surface area contributed by atoms with E-state index in [2.05, 4.69) is 16.9 Å². The average molecular weight is 372 g/mol. The maximum absolute atomic E-state index is 10.5.